The van der Waals surface area contributed by atoms with Crippen molar-refractivity contribution in [1.29, 1.82) is 0 Å². The second kappa shape index (κ2) is 5.47. The quantitative estimate of drug-likeness (QED) is 0.746. The Labute approximate surface area is 99.3 Å². The first-order valence-electron chi connectivity index (χ1n) is 6.85. The van der Waals surface area contributed by atoms with Crippen molar-refractivity contribution in [3.05, 3.63) is 28.6 Å². The number of nitrogens with zero attached hydrogens (tertiary/aromatic N) is 1. The molecule has 1 heteroatoms. The predicted molar refractivity (Wildman–Crippen MR) is 68.9 cm³/mol. The molecule has 0 aliphatic heterocycles. The molecule has 0 spiro atoms. The average Bonchev–Trinajstić information content (AvgIpc) is 2.32. The number of rotatable bonds is 4. The van der Waals surface area contributed by atoms with Crippen LogP contribution >= 0.6 is 0 Å². The fourth-order valence-electron chi connectivity index (χ4n) is 2.82. The van der Waals surface area contributed by atoms with Gasteiger partial charge >= 0.3 is 0 Å². The highest BCUT2D eigenvalue weighted by Gasteiger charge is 2.16. The highest BCUT2D eigenvalue weighted by Crippen LogP contribution is 2.27. The van der Waals surface area contributed by atoms with Crippen LogP contribution in [0.2, 0.25) is 0 Å². The Bertz CT molecular complexity index is 355. The number of fused-ring (bicyclic) bond motifs is 1. The average molecular weight is 217 g/mol. The fraction of sp³-hybridized carbons (Fsp3) is 0.667. The van der Waals surface area contributed by atoms with E-state index in [1.165, 1.54) is 56.2 Å². The number of aromatic nitrogens is 1. The molecule has 0 atom stereocenters. The zero-order valence-corrected chi connectivity index (χ0v) is 10.7. The van der Waals surface area contributed by atoms with Crippen LogP contribution in [-0.4, -0.2) is 4.98 Å². The van der Waals surface area contributed by atoms with E-state index in [1.54, 1.807) is 11.1 Å². The van der Waals surface area contributed by atoms with E-state index >= 15 is 0 Å². The summed E-state index contributed by atoms with van der Waals surface area (Å²) in [7, 11) is 0. The first kappa shape index (κ1) is 11.6. The Hall–Kier alpha value is -0.850. The molecule has 0 bridgehead atoms. The van der Waals surface area contributed by atoms with Gasteiger partial charge in [-0.2, -0.15) is 0 Å². The molecule has 0 aromatic carbocycles. The van der Waals surface area contributed by atoms with Crippen LogP contribution in [0, 0.1) is 0 Å². The molecule has 1 aliphatic carbocycles. The van der Waals surface area contributed by atoms with E-state index < -0.39 is 0 Å². The maximum absolute atomic E-state index is 4.70. The summed E-state index contributed by atoms with van der Waals surface area (Å²) in [4.78, 5) is 4.70. The van der Waals surface area contributed by atoms with Gasteiger partial charge in [-0.05, 0) is 55.2 Å². The van der Waals surface area contributed by atoms with Crippen LogP contribution < -0.4 is 0 Å². The molecule has 1 aromatic rings. The Morgan fingerprint density at radius 2 is 1.81 bits per heavy atom. The van der Waals surface area contributed by atoms with Crippen molar-refractivity contribution >= 4 is 0 Å². The summed E-state index contributed by atoms with van der Waals surface area (Å²) in [5.74, 6) is 0. The van der Waals surface area contributed by atoms with Crippen molar-refractivity contribution in [1.82, 2.24) is 4.98 Å². The molecular weight excluding hydrogens is 194 g/mol. The second-order valence-electron chi connectivity index (χ2n) is 4.89. The van der Waals surface area contributed by atoms with Crippen LogP contribution in [0.1, 0.15) is 61.9 Å². The van der Waals surface area contributed by atoms with E-state index in [4.69, 9.17) is 4.98 Å². The van der Waals surface area contributed by atoms with Gasteiger partial charge in [0.1, 0.15) is 0 Å². The normalized spacial score (nSPS) is 14.9. The Morgan fingerprint density at radius 1 is 1.06 bits per heavy atom. The van der Waals surface area contributed by atoms with Crippen LogP contribution in [0.15, 0.2) is 6.20 Å². The summed E-state index contributed by atoms with van der Waals surface area (Å²) in [5, 5.41) is 0. The SMILES string of the molecule is CCCc1ncc2c(c1CCC)CCCC2. The van der Waals surface area contributed by atoms with E-state index in [9.17, 15) is 0 Å². The molecule has 0 amide bonds. The van der Waals surface area contributed by atoms with Gasteiger partial charge in [0.25, 0.3) is 0 Å². The van der Waals surface area contributed by atoms with Gasteiger partial charge in [-0.3, -0.25) is 4.98 Å². The molecule has 16 heavy (non-hydrogen) atoms. The van der Waals surface area contributed by atoms with Crippen LogP contribution in [-0.2, 0) is 25.7 Å². The molecule has 1 aromatic heterocycles. The summed E-state index contributed by atoms with van der Waals surface area (Å²) in [6.45, 7) is 4.52. The Balaban J connectivity index is 2.39. The van der Waals surface area contributed by atoms with Gasteiger partial charge < -0.3 is 0 Å². The summed E-state index contributed by atoms with van der Waals surface area (Å²) in [5.41, 5.74) is 6.17. The molecule has 0 radical (unpaired) electrons. The molecule has 2 rings (SSSR count). The monoisotopic (exact) mass is 217 g/mol. The second-order valence-corrected chi connectivity index (χ2v) is 4.89. The minimum atomic E-state index is 1.16. The van der Waals surface area contributed by atoms with Gasteiger partial charge in [-0.1, -0.05) is 26.7 Å². The molecule has 1 heterocycles. The molecule has 0 fully saturated rings. The molecule has 0 unspecified atom stereocenters. The third-order valence-corrected chi connectivity index (χ3v) is 3.59. The predicted octanol–water partition coefficient (Wildman–Crippen LogP) is 3.87. The molecule has 0 saturated heterocycles. The van der Waals surface area contributed by atoms with E-state index in [-0.39, 0.29) is 0 Å². The lowest BCUT2D eigenvalue weighted by Gasteiger charge is -2.21. The topological polar surface area (TPSA) is 12.9 Å². The van der Waals surface area contributed by atoms with Gasteiger partial charge in [-0.25, -0.2) is 0 Å². The summed E-state index contributed by atoms with van der Waals surface area (Å²) >= 11 is 0. The maximum Gasteiger partial charge on any atom is 0.0438 e. The summed E-state index contributed by atoms with van der Waals surface area (Å²) in [6, 6.07) is 0. The summed E-state index contributed by atoms with van der Waals surface area (Å²) in [6.07, 6.45) is 12.3. The van der Waals surface area contributed by atoms with Gasteiger partial charge in [0.05, 0.1) is 0 Å². The zero-order chi connectivity index (χ0) is 11.4. The van der Waals surface area contributed by atoms with Crippen molar-refractivity contribution < 1.29 is 0 Å². The standard InChI is InChI=1S/C15H23N/c1-3-7-14-13-10-6-5-9-12(13)11-16-15(14)8-4-2/h11H,3-10H2,1-2H3. The highest BCUT2D eigenvalue weighted by molar-refractivity contribution is 5.38. The largest absolute Gasteiger partial charge is 0.261 e. The van der Waals surface area contributed by atoms with Crippen LogP contribution in [0.3, 0.4) is 0 Å². The van der Waals surface area contributed by atoms with Crippen molar-refractivity contribution in [2.24, 2.45) is 0 Å². The molecule has 1 nitrogen and oxygen atoms in total. The maximum atomic E-state index is 4.70. The van der Waals surface area contributed by atoms with Crippen LogP contribution in [0.25, 0.3) is 0 Å². The van der Waals surface area contributed by atoms with E-state index in [1.807, 2.05) is 0 Å². The summed E-state index contributed by atoms with van der Waals surface area (Å²) < 4.78 is 0. The number of hydrogen-bond acceptors (Lipinski definition) is 1. The lowest BCUT2D eigenvalue weighted by molar-refractivity contribution is 0.664. The first-order chi connectivity index (χ1) is 7.86. The van der Waals surface area contributed by atoms with Crippen molar-refractivity contribution in [3.63, 3.8) is 0 Å². The van der Waals surface area contributed by atoms with E-state index in [2.05, 4.69) is 20.0 Å². The number of hydrogen-bond donors (Lipinski definition) is 0. The van der Waals surface area contributed by atoms with Gasteiger partial charge in [-0.15, -0.1) is 0 Å². The zero-order valence-electron chi connectivity index (χ0n) is 10.7. The van der Waals surface area contributed by atoms with Crippen LogP contribution in [0.5, 0.6) is 0 Å². The third-order valence-electron chi connectivity index (χ3n) is 3.59. The van der Waals surface area contributed by atoms with Gasteiger partial charge in [0.2, 0.25) is 0 Å². The van der Waals surface area contributed by atoms with Gasteiger partial charge in [0, 0.05) is 11.9 Å². The van der Waals surface area contributed by atoms with Gasteiger partial charge in [0.15, 0.2) is 0 Å². The van der Waals surface area contributed by atoms with E-state index in [0.717, 1.165) is 6.42 Å². The molecule has 1 aliphatic rings. The lowest BCUT2D eigenvalue weighted by atomic mass is 9.86. The van der Waals surface area contributed by atoms with Crippen LogP contribution in [0.4, 0.5) is 0 Å². The van der Waals surface area contributed by atoms with Crippen molar-refractivity contribution in [2.75, 3.05) is 0 Å². The van der Waals surface area contributed by atoms with Crippen molar-refractivity contribution in [2.45, 2.75) is 65.2 Å². The minimum absolute atomic E-state index is 1.16. The Morgan fingerprint density at radius 3 is 2.56 bits per heavy atom. The third kappa shape index (κ3) is 2.28. The van der Waals surface area contributed by atoms with E-state index in [0.29, 0.717) is 0 Å². The Kier molecular flexibility index (Phi) is 3.98. The minimum Gasteiger partial charge on any atom is -0.261 e. The molecule has 0 N–H and O–H groups in total. The lowest BCUT2D eigenvalue weighted by Crippen LogP contribution is -2.11. The number of pyridine rings is 1. The first-order valence-corrected chi connectivity index (χ1v) is 6.85. The molecular formula is C15H23N. The molecule has 0 saturated carbocycles. The molecule has 88 valence electrons. The smallest absolute Gasteiger partial charge is 0.0438 e. The highest BCUT2D eigenvalue weighted by atomic mass is 14.7. The number of aryl methyl sites for hydroxylation is 2. The fourth-order valence-corrected chi connectivity index (χ4v) is 2.82. The van der Waals surface area contributed by atoms with Crippen molar-refractivity contribution in [3.8, 4) is 0 Å².